The standard InChI is InChI=1S/C20H23FN4O3/c1-10-4-5-12(6-15(10)21)11(2)25-17(7-16(24-25)19(26)22-3)20(27)23-18-13-8-28-9-14(13)18/h4-7,11,13-14,18H,8-9H2,1-3H3,(H,22,26)(H,23,27)/t11-,13-,14+,18+/m1/s1. The molecule has 8 heteroatoms. The fourth-order valence-electron chi connectivity index (χ4n) is 3.79. The molecule has 0 bridgehead atoms. The Bertz CT molecular complexity index is 932. The van der Waals surface area contributed by atoms with Crippen LogP contribution in [0.3, 0.4) is 0 Å². The van der Waals surface area contributed by atoms with Crippen molar-refractivity contribution in [2.24, 2.45) is 11.8 Å². The Balaban J connectivity index is 1.64. The number of ether oxygens (including phenoxy) is 1. The van der Waals surface area contributed by atoms with Crippen LogP contribution in [0.25, 0.3) is 0 Å². The maximum absolute atomic E-state index is 14.0. The Morgan fingerprint density at radius 3 is 2.61 bits per heavy atom. The van der Waals surface area contributed by atoms with Crippen molar-refractivity contribution in [2.75, 3.05) is 20.3 Å². The highest BCUT2D eigenvalue weighted by molar-refractivity contribution is 5.98. The molecule has 0 radical (unpaired) electrons. The minimum atomic E-state index is -0.420. The monoisotopic (exact) mass is 386 g/mol. The van der Waals surface area contributed by atoms with E-state index in [4.69, 9.17) is 4.74 Å². The first kappa shape index (κ1) is 18.6. The zero-order valence-corrected chi connectivity index (χ0v) is 16.0. The molecule has 4 atom stereocenters. The zero-order valence-electron chi connectivity index (χ0n) is 16.0. The Morgan fingerprint density at radius 1 is 1.25 bits per heavy atom. The number of hydrogen-bond acceptors (Lipinski definition) is 4. The molecule has 2 aliphatic rings. The van der Waals surface area contributed by atoms with Crippen LogP contribution in [0.15, 0.2) is 24.3 Å². The Labute approximate surface area is 162 Å². The van der Waals surface area contributed by atoms with Gasteiger partial charge in [0.25, 0.3) is 11.8 Å². The lowest BCUT2D eigenvalue weighted by Gasteiger charge is -2.17. The number of aromatic nitrogens is 2. The van der Waals surface area contributed by atoms with Crippen LogP contribution < -0.4 is 10.6 Å². The van der Waals surface area contributed by atoms with Crippen molar-refractivity contribution in [3.8, 4) is 0 Å². The smallest absolute Gasteiger partial charge is 0.271 e. The molecule has 1 aliphatic carbocycles. The number of nitrogens with zero attached hydrogens (tertiary/aromatic N) is 2. The van der Waals surface area contributed by atoms with Crippen molar-refractivity contribution in [3.63, 3.8) is 0 Å². The summed E-state index contributed by atoms with van der Waals surface area (Å²) < 4.78 is 20.9. The fraction of sp³-hybridized carbons (Fsp3) is 0.450. The molecule has 28 heavy (non-hydrogen) atoms. The third-order valence-corrected chi connectivity index (χ3v) is 5.72. The van der Waals surface area contributed by atoms with E-state index >= 15 is 0 Å². The van der Waals surface area contributed by atoms with Crippen molar-refractivity contribution in [2.45, 2.75) is 25.9 Å². The number of hydrogen-bond donors (Lipinski definition) is 2. The van der Waals surface area contributed by atoms with Gasteiger partial charge in [-0.2, -0.15) is 5.10 Å². The van der Waals surface area contributed by atoms with Crippen LogP contribution in [0.5, 0.6) is 0 Å². The summed E-state index contributed by atoms with van der Waals surface area (Å²) in [6.07, 6.45) is 0. The van der Waals surface area contributed by atoms with E-state index < -0.39 is 6.04 Å². The van der Waals surface area contributed by atoms with Crippen LogP contribution in [0.2, 0.25) is 0 Å². The maximum atomic E-state index is 14.0. The quantitative estimate of drug-likeness (QED) is 0.819. The van der Waals surface area contributed by atoms with Gasteiger partial charge in [-0.15, -0.1) is 0 Å². The molecule has 1 aromatic carbocycles. The average Bonchev–Trinajstić information content (AvgIpc) is 3.10. The molecule has 0 spiro atoms. The van der Waals surface area contributed by atoms with Crippen LogP contribution in [-0.2, 0) is 4.74 Å². The summed E-state index contributed by atoms with van der Waals surface area (Å²) in [5.74, 6) is -0.266. The lowest BCUT2D eigenvalue weighted by Crippen LogP contribution is -2.32. The summed E-state index contributed by atoms with van der Waals surface area (Å²) in [6, 6.07) is 6.08. The molecule has 148 valence electrons. The molecule has 1 aromatic heterocycles. The van der Waals surface area contributed by atoms with E-state index in [1.54, 1.807) is 19.1 Å². The SMILES string of the molecule is CNC(=O)c1cc(C(=O)N[C@H]2[C@@H]3COC[C@@H]32)n([C@H](C)c2ccc(C)c(F)c2)n1. The molecule has 2 heterocycles. The molecule has 1 saturated carbocycles. The second-order valence-electron chi connectivity index (χ2n) is 7.49. The van der Waals surface area contributed by atoms with Crippen molar-refractivity contribution in [1.82, 2.24) is 20.4 Å². The maximum Gasteiger partial charge on any atom is 0.271 e. The number of rotatable bonds is 5. The molecule has 7 nitrogen and oxygen atoms in total. The largest absolute Gasteiger partial charge is 0.381 e. The normalized spacial score (nSPS) is 23.8. The molecule has 2 aromatic rings. The number of carbonyl (C=O) groups is 2. The van der Waals surface area contributed by atoms with E-state index in [-0.39, 0.29) is 35.1 Å². The van der Waals surface area contributed by atoms with Gasteiger partial charge in [0.1, 0.15) is 11.5 Å². The number of carbonyl (C=O) groups excluding carboxylic acids is 2. The van der Waals surface area contributed by atoms with Gasteiger partial charge in [0.05, 0.1) is 19.3 Å². The molecular formula is C20H23FN4O3. The van der Waals surface area contributed by atoms with Crippen LogP contribution in [0, 0.1) is 24.6 Å². The minimum absolute atomic E-state index is 0.0974. The van der Waals surface area contributed by atoms with E-state index in [1.807, 2.05) is 6.92 Å². The van der Waals surface area contributed by atoms with Crippen LogP contribution in [0.4, 0.5) is 4.39 Å². The number of fused-ring (bicyclic) bond motifs is 1. The first-order chi connectivity index (χ1) is 13.4. The Morgan fingerprint density at radius 2 is 1.96 bits per heavy atom. The molecule has 2 N–H and O–H groups in total. The molecule has 0 unspecified atom stereocenters. The lowest BCUT2D eigenvalue weighted by atomic mass is 10.1. The van der Waals surface area contributed by atoms with Gasteiger partial charge in [-0.1, -0.05) is 12.1 Å². The summed E-state index contributed by atoms with van der Waals surface area (Å²) in [5.41, 5.74) is 1.63. The van der Waals surface area contributed by atoms with E-state index in [0.717, 1.165) is 0 Å². The number of benzene rings is 1. The highest BCUT2D eigenvalue weighted by Crippen LogP contribution is 2.44. The van der Waals surface area contributed by atoms with E-state index in [0.29, 0.717) is 36.2 Å². The molecular weight excluding hydrogens is 363 g/mol. The second kappa shape index (κ2) is 7.01. The first-order valence-electron chi connectivity index (χ1n) is 9.37. The van der Waals surface area contributed by atoms with Crippen LogP contribution in [0.1, 0.15) is 45.1 Å². The third kappa shape index (κ3) is 3.17. The Kier molecular flexibility index (Phi) is 4.66. The van der Waals surface area contributed by atoms with Gasteiger partial charge in [0.15, 0.2) is 5.69 Å². The molecule has 2 amide bonds. The third-order valence-electron chi connectivity index (χ3n) is 5.72. The lowest BCUT2D eigenvalue weighted by molar-refractivity contribution is 0.0915. The molecule has 1 saturated heterocycles. The van der Waals surface area contributed by atoms with Gasteiger partial charge >= 0.3 is 0 Å². The highest BCUT2D eigenvalue weighted by atomic mass is 19.1. The van der Waals surface area contributed by atoms with Gasteiger partial charge < -0.3 is 15.4 Å². The summed E-state index contributed by atoms with van der Waals surface area (Å²) in [6.45, 7) is 4.84. The summed E-state index contributed by atoms with van der Waals surface area (Å²) in [7, 11) is 1.51. The van der Waals surface area contributed by atoms with Crippen LogP contribution >= 0.6 is 0 Å². The summed E-state index contributed by atoms with van der Waals surface area (Å²) in [4.78, 5) is 25.0. The predicted molar refractivity (Wildman–Crippen MR) is 99.6 cm³/mol. The number of aryl methyl sites for hydroxylation is 1. The number of halogens is 1. The van der Waals surface area contributed by atoms with Crippen molar-refractivity contribution < 1.29 is 18.7 Å². The molecule has 2 fully saturated rings. The van der Waals surface area contributed by atoms with Gasteiger partial charge in [-0.25, -0.2) is 4.39 Å². The van der Waals surface area contributed by atoms with Gasteiger partial charge in [0, 0.05) is 31.0 Å². The average molecular weight is 386 g/mol. The van der Waals surface area contributed by atoms with Crippen molar-refractivity contribution >= 4 is 11.8 Å². The van der Waals surface area contributed by atoms with E-state index in [9.17, 15) is 14.0 Å². The predicted octanol–water partition coefficient (Wildman–Crippen LogP) is 1.67. The molecule has 4 rings (SSSR count). The van der Waals surface area contributed by atoms with E-state index in [1.165, 1.54) is 23.9 Å². The topological polar surface area (TPSA) is 85.3 Å². The first-order valence-corrected chi connectivity index (χ1v) is 9.37. The van der Waals surface area contributed by atoms with Gasteiger partial charge in [0.2, 0.25) is 0 Å². The Hall–Kier alpha value is -2.74. The van der Waals surface area contributed by atoms with Gasteiger partial charge in [-0.3, -0.25) is 14.3 Å². The number of nitrogens with one attached hydrogen (secondary N) is 2. The van der Waals surface area contributed by atoms with Crippen molar-refractivity contribution in [3.05, 3.63) is 52.6 Å². The minimum Gasteiger partial charge on any atom is -0.381 e. The summed E-state index contributed by atoms with van der Waals surface area (Å²) in [5, 5.41) is 9.87. The zero-order chi connectivity index (χ0) is 20.0. The van der Waals surface area contributed by atoms with Gasteiger partial charge in [-0.05, 0) is 31.0 Å². The summed E-state index contributed by atoms with van der Waals surface area (Å²) >= 11 is 0. The molecule has 1 aliphatic heterocycles. The second-order valence-corrected chi connectivity index (χ2v) is 7.49. The highest BCUT2D eigenvalue weighted by Gasteiger charge is 2.55. The van der Waals surface area contributed by atoms with Crippen LogP contribution in [-0.4, -0.2) is 47.9 Å². The van der Waals surface area contributed by atoms with Crippen molar-refractivity contribution in [1.29, 1.82) is 0 Å². The fourth-order valence-corrected chi connectivity index (χ4v) is 3.79. The number of amides is 2. The van der Waals surface area contributed by atoms with E-state index in [2.05, 4.69) is 15.7 Å².